The molecular formula is C18H14F2N2O2S. The van der Waals surface area contributed by atoms with E-state index in [1.165, 1.54) is 6.07 Å². The number of benzene rings is 2. The second-order valence-electron chi connectivity index (χ2n) is 5.28. The summed E-state index contributed by atoms with van der Waals surface area (Å²) in [6, 6.07) is 10.4. The summed E-state index contributed by atoms with van der Waals surface area (Å²) in [7, 11) is 0. The molecule has 0 aliphatic heterocycles. The molecule has 0 saturated carbocycles. The molecule has 7 heteroatoms. The van der Waals surface area contributed by atoms with Gasteiger partial charge in [-0.2, -0.15) is 0 Å². The van der Waals surface area contributed by atoms with Gasteiger partial charge in [0, 0.05) is 28.4 Å². The van der Waals surface area contributed by atoms with Crippen molar-refractivity contribution in [2.75, 3.05) is 11.9 Å². The summed E-state index contributed by atoms with van der Waals surface area (Å²) >= 11 is 1.56. The number of rotatable bonds is 5. The first-order chi connectivity index (χ1) is 12.0. The topological polar surface area (TPSA) is 51.2 Å². The largest absolute Gasteiger partial charge is 0.484 e. The summed E-state index contributed by atoms with van der Waals surface area (Å²) < 4.78 is 31.3. The molecule has 1 N–H and O–H groups in total. The normalized spacial score (nSPS) is 10.5. The van der Waals surface area contributed by atoms with Gasteiger partial charge in [-0.25, -0.2) is 13.8 Å². The monoisotopic (exact) mass is 360 g/mol. The maximum absolute atomic E-state index is 13.1. The average molecular weight is 360 g/mol. The predicted molar refractivity (Wildman–Crippen MR) is 92.8 cm³/mol. The van der Waals surface area contributed by atoms with Crippen LogP contribution < -0.4 is 10.1 Å². The molecule has 2 aromatic carbocycles. The van der Waals surface area contributed by atoms with E-state index in [0.717, 1.165) is 28.4 Å². The zero-order valence-corrected chi connectivity index (χ0v) is 14.1. The Hall–Kier alpha value is -2.80. The van der Waals surface area contributed by atoms with Crippen LogP contribution in [0.1, 0.15) is 5.69 Å². The van der Waals surface area contributed by atoms with Crippen molar-refractivity contribution < 1.29 is 18.3 Å². The Morgan fingerprint density at radius 1 is 1.16 bits per heavy atom. The fraction of sp³-hybridized carbons (Fsp3) is 0.111. The quantitative estimate of drug-likeness (QED) is 0.733. The standard InChI is InChI=1S/C18H14F2N2O2S/c1-11-10-25-18(21-11)12-2-5-14(6-3-12)24-9-17(23)22-13-4-7-15(19)16(20)8-13/h2-8,10H,9H2,1H3,(H,22,23). The van der Waals surface area contributed by atoms with Gasteiger partial charge in [0.15, 0.2) is 18.2 Å². The minimum absolute atomic E-state index is 0.169. The van der Waals surface area contributed by atoms with E-state index in [-0.39, 0.29) is 12.3 Å². The maximum Gasteiger partial charge on any atom is 0.262 e. The second-order valence-corrected chi connectivity index (χ2v) is 6.14. The van der Waals surface area contributed by atoms with Gasteiger partial charge >= 0.3 is 0 Å². The zero-order valence-electron chi connectivity index (χ0n) is 13.3. The number of carbonyl (C=O) groups excluding carboxylic acids is 1. The molecule has 0 unspecified atom stereocenters. The Morgan fingerprint density at radius 3 is 2.56 bits per heavy atom. The van der Waals surface area contributed by atoms with E-state index in [2.05, 4.69) is 10.3 Å². The smallest absolute Gasteiger partial charge is 0.262 e. The number of hydrogen-bond acceptors (Lipinski definition) is 4. The minimum atomic E-state index is -1.02. The first-order valence-corrected chi connectivity index (χ1v) is 8.29. The van der Waals surface area contributed by atoms with Crippen LogP contribution in [0.4, 0.5) is 14.5 Å². The van der Waals surface area contributed by atoms with Gasteiger partial charge in [-0.1, -0.05) is 0 Å². The molecule has 0 aliphatic rings. The molecule has 0 fully saturated rings. The summed E-state index contributed by atoms with van der Waals surface area (Å²) in [4.78, 5) is 16.2. The van der Waals surface area contributed by atoms with Gasteiger partial charge < -0.3 is 10.1 Å². The summed E-state index contributed by atoms with van der Waals surface area (Å²) in [5, 5.41) is 5.33. The highest BCUT2D eigenvalue weighted by molar-refractivity contribution is 7.13. The van der Waals surface area contributed by atoms with Gasteiger partial charge in [0.25, 0.3) is 5.91 Å². The van der Waals surface area contributed by atoms with E-state index in [1.807, 2.05) is 24.4 Å². The number of halogens is 2. The molecule has 0 spiro atoms. The first kappa shape index (κ1) is 17.0. The molecular weight excluding hydrogens is 346 g/mol. The van der Waals surface area contributed by atoms with Crippen LogP contribution in [0.15, 0.2) is 47.8 Å². The maximum atomic E-state index is 13.1. The predicted octanol–water partition coefficient (Wildman–Crippen LogP) is 4.41. The Kier molecular flexibility index (Phi) is 5.04. The Morgan fingerprint density at radius 2 is 1.92 bits per heavy atom. The highest BCUT2D eigenvalue weighted by Gasteiger charge is 2.08. The lowest BCUT2D eigenvalue weighted by atomic mass is 10.2. The number of nitrogens with one attached hydrogen (secondary N) is 1. The van der Waals surface area contributed by atoms with Crippen LogP contribution in [0, 0.1) is 18.6 Å². The number of carbonyl (C=O) groups is 1. The van der Waals surface area contributed by atoms with E-state index in [1.54, 1.807) is 23.5 Å². The second kappa shape index (κ2) is 7.40. The van der Waals surface area contributed by atoms with Crippen molar-refractivity contribution in [2.24, 2.45) is 0 Å². The van der Waals surface area contributed by atoms with Crippen LogP contribution in [0.2, 0.25) is 0 Å². The molecule has 3 rings (SSSR count). The average Bonchev–Trinajstić information content (AvgIpc) is 3.03. The number of aryl methyl sites for hydroxylation is 1. The van der Waals surface area contributed by atoms with Crippen molar-refractivity contribution in [2.45, 2.75) is 6.92 Å². The molecule has 3 aromatic rings. The number of ether oxygens (including phenoxy) is 1. The molecule has 1 aromatic heterocycles. The summed E-state index contributed by atoms with van der Waals surface area (Å²) in [6.45, 7) is 1.69. The van der Waals surface area contributed by atoms with Gasteiger partial charge in [0.1, 0.15) is 10.8 Å². The fourth-order valence-corrected chi connectivity index (χ4v) is 2.90. The molecule has 4 nitrogen and oxygen atoms in total. The van der Waals surface area contributed by atoms with Gasteiger partial charge in [-0.3, -0.25) is 4.79 Å². The third-order valence-corrected chi connectivity index (χ3v) is 4.30. The molecule has 1 heterocycles. The number of aromatic nitrogens is 1. The van der Waals surface area contributed by atoms with Gasteiger partial charge in [-0.05, 0) is 43.3 Å². The summed E-state index contributed by atoms with van der Waals surface area (Å²) in [6.07, 6.45) is 0. The van der Waals surface area contributed by atoms with E-state index in [4.69, 9.17) is 4.74 Å². The first-order valence-electron chi connectivity index (χ1n) is 7.41. The highest BCUT2D eigenvalue weighted by atomic mass is 32.1. The highest BCUT2D eigenvalue weighted by Crippen LogP contribution is 2.25. The van der Waals surface area contributed by atoms with Crippen LogP contribution in [0.25, 0.3) is 10.6 Å². The van der Waals surface area contributed by atoms with Crippen molar-refractivity contribution in [1.29, 1.82) is 0 Å². The van der Waals surface area contributed by atoms with Crippen molar-refractivity contribution >= 4 is 22.9 Å². The van der Waals surface area contributed by atoms with E-state index >= 15 is 0 Å². The number of thiazole rings is 1. The zero-order chi connectivity index (χ0) is 17.8. The lowest BCUT2D eigenvalue weighted by Gasteiger charge is -2.08. The van der Waals surface area contributed by atoms with Crippen LogP contribution in [-0.4, -0.2) is 17.5 Å². The van der Waals surface area contributed by atoms with Gasteiger partial charge in [0.2, 0.25) is 0 Å². The summed E-state index contributed by atoms with van der Waals surface area (Å²) in [5.41, 5.74) is 2.10. The molecule has 0 atom stereocenters. The molecule has 0 saturated heterocycles. The number of anilines is 1. The molecule has 25 heavy (non-hydrogen) atoms. The van der Waals surface area contributed by atoms with Crippen LogP contribution in [0.3, 0.4) is 0 Å². The fourth-order valence-electron chi connectivity index (χ4n) is 2.10. The van der Waals surface area contributed by atoms with E-state index in [9.17, 15) is 13.6 Å². The van der Waals surface area contributed by atoms with Crippen molar-refractivity contribution in [3.63, 3.8) is 0 Å². The lowest BCUT2D eigenvalue weighted by Crippen LogP contribution is -2.20. The van der Waals surface area contributed by atoms with E-state index < -0.39 is 17.5 Å². The third kappa shape index (κ3) is 4.39. The van der Waals surface area contributed by atoms with Crippen molar-refractivity contribution in [3.8, 4) is 16.3 Å². The molecule has 128 valence electrons. The van der Waals surface area contributed by atoms with Crippen molar-refractivity contribution in [3.05, 3.63) is 65.2 Å². The molecule has 0 bridgehead atoms. The molecule has 0 aliphatic carbocycles. The van der Waals surface area contributed by atoms with Crippen LogP contribution in [-0.2, 0) is 4.79 Å². The van der Waals surface area contributed by atoms with Crippen molar-refractivity contribution in [1.82, 2.24) is 4.98 Å². The molecule has 0 radical (unpaired) electrons. The number of hydrogen-bond donors (Lipinski definition) is 1. The Labute approximate surface area is 147 Å². The number of amides is 1. The minimum Gasteiger partial charge on any atom is -0.484 e. The van der Waals surface area contributed by atoms with Crippen LogP contribution >= 0.6 is 11.3 Å². The van der Waals surface area contributed by atoms with Gasteiger partial charge in [-0.15, -0.1) is 11.3 Å². The van der Waals surface area contributed by atoms with Gasteiger partial charge in [0.05, 0.1) is 0 Å². The third-order valence-electron chi connectivity index (χ3n) is 3.29. The molecule has 1 amide bonds. The SMILES string of the molecule is Cc1csc(-c2ccc(OCC(=O)Nc3ccc(F)c(F)c3)cc2)n1. The number of nitrogens with zero attached hydrogens (tertiary/aromatic N) is 1. The lowest BCUT2D eigenvalue weighted by molar-refractivity contribution is -0.118. The van der Waals surface area contributed by atoms with Crippen LogP contribution in [0.5, 0.6) is 5.75 Å². The summed E-state index contributed by atoms with van der Waals surface area (Å²) in [5.74, 6) is -1.93. The Bertz CT molecular complexity index is 894. The van der Waals surface area contributed by atoms with E-state index in [0.29, 0.717) is 5.75 Å². The Balaban J connectivity index is 1.55.